The summed E-state index contributed by atoms with van der Waals surface area (Å²) in [5.41, 5.74) is 0. The van der Waals surface area contributed by atoms with Crippen LogP contribution in [0.1, 0.15) is 5.82 Å². The molecule has 0 bridgehead atoms. The average Bonchev–Trinajstić information content (AvgIpc) is 2.71. The number of hydrogen-bond acceptors (Lipinski definition) is 5. The van der Waals surface area contributed by atoms with Crippen LogP contribution in [0.5, 0.6) is 0 Å². The number of hydrogen-bond donors (Lipinski definition) is 2. The second kappa shape index (κ2) is 4.83. The maximum atomic E-state index is 4.06. The number of aromatic amines is 1. The molecule has 0 aromatic carbocycles. The molecule has 0 amide bonds. The highest BCUT2D eigenvalue weighted by Crippen LogP contribution is 2.08. The van der Waals surface area contributed by atoms with Gasteiger partial charge in [0.2, 0.25) is 0 Å². The lowest BCUT2D eigenvalue weighted by Crippen LogP contribution is -2.07. The quantitative estimate of drug-likeness (QED) is 0.810. The summed E-state index contributed by atoms with van der Waals surface area (Å²) >= 11 is 3.27. The van der Waals surface area contributed by atoms with E-state index >= 15 is 0 Å². The van der Waals surface area contributed by atoms with Crippen LogP contribution in [0.3, 0.4) is 0 Å². The first kappa shape index (κ1) is 10.0. The zero-order valence-electron chi connectivity index (χ0n) is 7.81. The maximum Gasteiger partial charge on any atom is 0.137 e. The zero-order chi connectivity index (χ0) is 10.5. The predicted molar refractivity (Wildman–Crippen MR) is 58.3 cm³/mol. The molecule has 2 rings (SSSR count). The molecule has 0 aliphatic heterocycles. The van der Waals surface area contributed by atoms with Crippen molar-refractivity contribution in [3.63, 3.8) is 0 Å². The van der Waals surface area contributed by atoms with Gasteiger partial charge in [-0.2, -0.15) is 5.10 Å². The largest absolute Gasteiger partial charge is 0.369 e. The molecule has 0 aliphatic carbocycles. The molecule has 0 saturated heterocycles. The highest BCUT2D eigenvalue weighted by atomic mass is 79.9. The Morgan fingerprint density at radius 3 is 2.93 bits per heavy atom. The van der Waals surface area contributed by atoms with E-state index in [0.717, 1.165) is 29.2 Å². The highest BCUT2D eigenvalue weighted by molar-refractivity contribution is 9.10. The summed E-state index contributed by atoms with van der Waals surface area (Å²) < 4.78 is 0.764. The SMILES string of the molecule is Brc1cc(NCCc2ncn[nH]2)ncn1. The smallest absolute Gasteiger partial charge is 0.137 e. The standard InChI is InChI=1S/C8H9BrN6/c9-6-3-8(12-4-11-6)10-2-1-7-13-5-14-15-7/h3-5H,1-2H2,(H,10,11,12)(H,13,14,15). The van der Waals surface area contributed by atoms with E-state index in [-0.39, 0.29) is 0 Å². The number of rotatable bonds is 4. The van der Waals surface area contributed by atoms with E-state index in [1.54, 1.807) is 0 Å². The number of aromatic nitrogens is 5. The molecule has 2 aromatic heterocycles. The first-order valence-electron chi connectivity index (χ1n) is 4.40. The van der Waals surface area contributed by atoms with E-state index in [4.69, 9.17) is 0 Å². The van der Waals surface area contributed by atoms with Gasteiger partial charge in [-0.3, -0.25) is 5.10 Å². The van der Waals surface area contributed by atoms with E-state index in [0.29, 0.717) is 0 Å². The first-order chi connectivity index (χ1) is 7.34. The fraction of sp³-hybridized carbons (Fsp3) is 0.250. The van der Waals surface area contributed by atoms with Crippen molar-refractivity contribution in [1.82, 2.24) is 25.1 Å². The number of H-pyrrole nitrogens is 1. The van der Waals surface area contributed by atoms with Gasteiger partial charge in [-0.25, -0.2) is 15.0 Å². The Labute approximate surface area is 94.7 Å². The summed E-state index contributed by atoms with van der Waals surface area (Å²) in [7, 11) is 0. The predicted octanol–water partition coefficient (Wildman–Crippen LogP) is 1.01. The van der Waals surface area contributed by atoms with Crippen molar-refractivity contribution in [2.75, 3.05) is 11.9 Å². The third kappa shape index (κ3) is 2.98. The molecule has 7 heteroatoms. The lowest BCUT2D eigenvalue weighted by atomic mass is 10.4. The fourth-order valence-electron chi connectivity index (χ4n) is 1.09. The van der Waals surface area contributed by atoms with E-state index in [9.17, 15) is 0 Å². The first-order valence-corrected chi connectivity index (χ1v) is 5.19. The van der Waals surface area contributed by atoms with Crippen LogP contribution >= 0.6 is 15.9 Å². The van der Waals surface area contributed by atoms with Crippen molar-refractivity contribution in [1.29, 1.82) is 0 Å². The second-order valence-corrected chi connectivity index (χ2v) is 3.65. The van der Waals surface area contributed by atoms with Crippen molar-refractivity contribution in [3.8, 4) is 0 Å². The lowest BCUT2D eigenvalue weighted by molar-refractivity contribution is 0.895. The molecule has 15 heavy (non-hydrogen) atoms. The molecule has 0 aliphatic rings. The van der Waals surface area contributed by atoms with Crippen LogP contribution in [0.15, 0.2) is 23.3 Å². The molecule has 0 spiro atoms. The monoisotopic (exact) mass is 268 g/mol. The zero-order valence-corrected chi connectivity index (χ0v) is 9.40. The van der Waals surface area contributed by atoms with Gasteiger partial charge in [0.05, 0.1) is 0 Å². The second-order valence-electron chi connectivity index (χ2n) is 2.83. The van der Waals surface area contributed by atoms with Gasteiger partial charge >= 0.3 is 0 Å². The van der Waals surface area contributed by atoms with Crippen LogP contribution in [-0.4, -0.2) is 31.7 Å². The summed E-state index contributed by atoms with van der Waals surface area (Å²) in [5, 5.41) is 9.71. The van der Waals surface area contributed by atoms with Crippen LogP contribution in [-0.2, 0) is 6.42 Å². The van der Waals surface area contributed by atoms with Gasteiger partial charge in [0.15, 0.2) is 0 Å². The van der Waals surface area contributed by atoms with Crippen LogP contribution in [0.4, 0.5) is 5.82 Å². The fourth-order valence-corrected chi connectivity index (χ4v) is 1.40. The number of nitrogens with one attached hydrogen (secondary N) is 2. The van der Waals surface area contributed by atoms with Gasteiger partial charge in [0.1, 0.15) is 28.9 Å². The molecule has 0 unspecified atom stereocenters. The average molecular weight is 269 g/mol. The van der Waals surface area contributed by atoms with Crippen molar-refractivity contribution >= 4 is 21.7 Å². The Morgan fingerprint density at radius 2 is 2.20 bits per heavy atom. The Morgan fingerprint density at radius 1 is 1.27 bits per heavy atom. The molecular weight excluding hydrogens is 260 g/mol. The van der Waals surface area contributed by atoms with Gasteiger partial charge in [-0.1, -0.05) is 0 Å². The van der Waals surface area contributed by atoms with Gasteiger partial charge in [0, 0.05) is 19.0 Å². The third-order valence-corrected chi connectivity index (χ3v) is 2.20. The van der Waals surface area contributed by atoms with Gasteiger partial charge < -0.3 is 5.32 Å². The minimum atomic E-state index is 0.749. The molecule has 0 saturated carbocycles. The van der Waals surface area contributed by atoms with Crippen molar-refractivity contribution in [2.24, 2.45) is 0 Å². The van der Waals surface area contributed by atoms with E-state index < -0.39 is 0 Å². The Balaban J connectivity index is 1.83. The Bertz CT molecular complexity index is 415. The molecule has 2 aromatic rings. The number of anilines is 1. The van der Waals surface area contributed by atoms with E-state index in [2.05, 4.69) is 46.4 Å². The molecule has 0 fully saturated rings. The molecule has 6 nitrogen and oxygen atoms in total. The third-order valence-electron chi connectivity index (χ3n) is 1.77. The van der Waals surface area contributed by atoms with Crippen LogP contribution in [0, 0.1) is 0 Å². The van der Waals surface area contributed by atoms with E-state index in [1.807, 2.05) is 6.07 Å². The molecule has 2 N–H and O–H groups in total. The van der Waals surface area contributed by atoms with Crippen molar-refractivity contribution in [3.05, 3.63) is 29.1 Å². The minimum Gasteiger partial charge on any atom is -0.369 e. The summed E-state index contributed by atoms with van der Waals surface area (Å²) in [4.78, 5) is 12.0. The Kier molecular flexibility index (Phi) is 3.23. The maximum absolute atomic E-state index is 4.06. The normalized spacial score (nSPS) is 10.2. The minimum absolute atomic E-state index is 0.749. The van der Waals surface area contributed by atoms with Gasteiger partial charge in [-0.15, -0.1) is 0 Å². The van der Waals surface area contributed by atoms with Gasteiger partial charge in [0.25, 0.3) is 0 Å². The topological polar surface area (TPSA) is 79.4 Å². The summed E-state index contributed by atoms with van der Waals surface area (Å²) in [6.45, 7) is 0.749. The van der Waals surface area contributed by atoms with E-state index in [1.165, 1.54) is 12.7 Å². The van der Waals surface area contributed by atoms with Crippen LogP contribution in [0.2, 0.25) is 0 Å². The summed E-state index contributed by atoms with van der Waals surface area (Å²) in [6.07, 6.45) is 3.78. The molecular formula is C8H9BrN6. The summed E-state index contributed by atoms with van der Waals surface area (Å²) in [5.74, 6) is 1.65. The number of halogens is 1. The van der Waals surface area contributed by atoms with Gasteiger partial charge in [-0.05, 0) is 15.9 Å². The molecule has 78 valence electrons. The highest BCUT2D eigenvalue weighted by Gasteiger charge is 1.97. The Hall–Kier alpha value is -1.50. The lowest BCUT2D eigenvalue weighted by Gasteiger charge is -2.03. The van der Waals surface area contributed by atoms with Crippen molar-refractivity contribution in [2.45, 2.75) is 6.42 Å². The molecule has 0 atom stereocenters. The van der Waals surface area contributed by atoms with Crippen molar-refractivity contribution < 1.29 is 0 Å². The molecule has 2 heterocycles. The summed E-state index contributed by atoms with van der Waals surface area (Å²) in [6, 6.07) is 1.82. The number of nitrogens with zero attached hydrogens (tertiary/aromatic N) is 4. The van der Waals surface area contributed by atoms with Crippen LogP contribution < -0.4 is 5.32 Å². The molecule has 0 radical (unpaired) electrons. The van der Waals surface area contributed by atoms with Crippen LogP contribution in [0.25, 0.3) is 0 Å².